The zero-order valence-electron chi connectivity index (χ0n) is 7.57. The predicted molar refractivity (Wildman–Crippen MR) is 63.1 cm³/mol. The third-order valence-electron chi connectivity index (χ3n) is 2.62. The first kappa shape index (κ1) is 8.06. The van der Waals surface area contributed by atoms with E-state index >= 15 is 0 Å². The highest BCUT2D eigenvalue weighted by Gasteiger charge is 2.09. The molecule has 0 N–H and O–H groups in total. The highest BCUT2D eigenvalue weighted by molar-refractivity contribution is 7.80. The van der Waals surface area contributed by atoms with Crippen molar-refractivity contribution in [2.24, 2.45) is 4.99 Å². The molecule has 14 heavy (non-hydrogen) atoms. The smallest absolute Gasteiger partial charge is 0.0667 e. The van der Waals surface area contributed by atoms with Gasteiger partial charge in [-0.2, -0.15) is 0 Å². The number of thiol groups is 1. The van der Waals surface area contributed by atoms with Crippen LogP contribution in [0.2, 0.25) is 0 Å². The lowest BCUT2D eigenvalue weighted by atomic mass is 10.0. The Labute approximate surface area is 87.9 Å². The molecule has 0 saturated carbocycles. The van der Waals surface area contributed by atoms with Gasteiger partial charge in [-0.1, -0.05) is 12.1 Å². The van der Waals surface area contributed by atoms with E-state index in [1.165, 1.54) is 16.3 Å². The summed E-state index contributed by atoms with van der Waals surface area (Å²) in [5.41, 5.74) is 2.46. The van der Waals surface area contributed by atoms with Gasteiger partial charge in [-0.25, -0.2) is 0 Å². The molecule has 0 bridgehead atoms. The number of hydrogen-bond acceptors (Lipinski definition) is 2. The van der Waals surface area contributed by atoms with Crippen LogP contribution in [0.5, 0.6) is 0 Å². The summed E-state index contributed by atoms with van der Waals surface area (Å²) >= 11 is 4.33. The number of rotatable bonds is 0. The summed E-state index contributed by atoms with van der Waals surface area (Å²) in [6.45, 7) is 0. The summed E-state index contributed by atoms with van der Waals surface area (Å²) in [4.78, 5) is 5.34. The molecule has 0 atom stereocenters. The molecule has 2 heteroatoms. The second-order valence-electron chi connectivity index (χ2n) is 3.48. The van der Waals surface area contributed by atoms with E-state index in [4.69, 9.17) is 0 Å². The lowest BCUT2D eigenvalue weighted by Gasteiger charge is -2.04. The highest BCUT2D eigenvalue weighted by atomic mass is 32.1. The molecule has 0 radical (unpaired) electrons. The molecule has 68 valence electrons. The molecule has 2 aromatic carbocycles. The van der Waals surface area contributed by atoms with Crippen molar-refractivity contribution in [1.82, 2.24) is 0 Å². The van der Waals surface area contributed by atoms with Gasteiger partial charge in [0.25, 0.3) is 0 Å². The maximum atomic E-state index is 4.33. The van der Waals surface area contributed by atoms with Crippen LogP contribution in [0.1, 0.15) is 5.56 Å². The van der Waals surface area contributed by atoms with Crippen molar-refractivity contribution in [1.29, 1.82) is 0 Å². The lowest BCUT2D eigenvalue weighted by molar-refractivity contribution is 1.44. The fraction of sp³-hybridized carbons (Fsp3) is 0.0833. The summed E-state index contributed by atoms with van der Waals surface area (Å²) in [5.74, 6) is 0. The molecule has 1 nitrogen and oxygen atoms in total. The Morgan fingerprint density at radius 1 is 1.14 bits per heavy atom. The van der Waals surface area contributed by atoms with Crippen LogP contribution in [0.25, 0.3) is 10.8 Å². The molecule has 1 heterocycles. The van der Waals surface area contributed by atoms with Gasteiger partial charge < -0.3 is 0 Å². The summed E-state index contributed by atoms with van der Waals surface area (Å²) in [7, 11) is 0. The standard InChI is InChI=1S/C12H9NS/c14-9-2-3-10-8(7-9)1-4-12-11(10)5-6-13-12/h1-4,6-7,14H,5H2. The van der Waals surface area contributed by atoms with Crippen molar-refractivity contribution in [2.45, 2.75) is 11.3 Å². The maximum Gasteiger partial charge on any atom is 0.0667 e. The van der Waals surface area contributed by atoms with Gasteiger partial charge >= 0.3 is 0 Å². The number of benzene rings is 2. The fourth-order valence-electron chi connectivity index (χ4n) is 1.94. The van der Waals surface area contributed by atoms with Crippen LogP contribution in [-0.4, -0.2) is 6.21 Å². The van der Waals surface area contributed by atoms with E-state index in [2.05, 4.69) is 41.9 Å². The normalized spacial score (nSPS) is 13.5. The van der Waals surface area contributed by atoms with Crippen molar-refractivity contribution in [3.8, 4) is 0 Å². The average molecular weight is 199 g/mol. The Kier molecular flexibility index (Phi) is 1.64. The number of aliphatic imine (C=N–C) groups is 1. The molecule has 0 saturated heterocycles. The number of fused-ring (bicyclic) bond motifs is 3. The second-order valence-corrected chi connectivity index (χ2v) is 4.00. The van der Waals surface area contributed by atoms with Gasteiger partial charge in [0, 0.05) is 17.5 Å². The molecule has 0 spiro atoms. The quantitative estimate of drug-likeness (QED) is 0.624. The molecular weight excluding hydrogens is 190 g/mol. The fourth-order valence-corrected chi connectivity index (χ4v) is 2.15. The van der Waals surface area contributed by atoms with E-state index in [9.17, 15) is 0 Å². The van der Waals surface area contributed by atoms with Crippen LogP contribution in [0.3, 0.4) is 0 Å². The molecule has 0 amide bonds. The van der Waals surface area contributed by atoms with E-state index in [1.807, 2.05) is 12.3 Å². The monoisotopic (exact) mass is 199 g/mol. The van der Waals surface area contributed by atoms with Gasteiger partial charge in [0.1, 0.15) is 0 Å². The Morgan fingerprint density at radius 3 is 3.00 bits per heavy atom. The summed E-state index contributed by atoms with van der Waals surface area (Å²) in [5, 5.41) is 2.56. The Hall–Kier alpha value is -1.28. The summed E-state index contributed by atoms with van der Waals surface area (Å²) < 4.78 is 0. The lowest BCUT2D eigenvalue weighted by Crippen LogP contribution is -1.83. The SMILES string of the molecule is Sc1ccc2c3c(ccc2c1)N=CC3. The van der Waals surface area contributed by atoms with Crippen molar-refractivity contribution < 1.29 is 0 Å². The Balaban J connectivity index is 2.41. The van der Waals surface area contributed by atoms with Crippen LogP contribution in [0.4, 0.5) is 5.69 Å². The topological polar surface area (TPSA) is 12.4 Å². The minimum absolute atomic E-state index is 0.957. The highest BCUT2D eigenvalue weighted by Crippen LogP contribution is 2.32. The van der Waals surface area contributed by atoms with E-state index in [-0.39, 0.29) is 0 Å². The van der Waals surface area contributed by atoms with Gasteiger partial charge in [0.05, 0.1) is 5.69 Å². The van der Waals surface area contributed by atoms with Crippen LogP contribution in [0.15, 0.2) is 40.2 Å². The third kappa shape index (κ3) is 1.07. The predicted octanol–water partition coefficient (Wildman–Crippen LogP) is 3.39. The second kappa shape index (κ2) is 2.85. The minimum Gasteiger partial charge on any atom is -0.261 e. The Morgan fingerprint density at radius 2 is 2.07 bits per heavy atom. The zero-order valence-corrected chi connectivity index (χ0v) is 8.46. The van der Waals surface area contributed by atoms with Gasteiger partial charge in [-0.05, 0) is 34.5 Å². The van der Waals surface area contributed by atoms with Crippen molar-refractivity contribution in [3.05, 3.63) is 35.9 Å². The Bertz CT molecular complexity index is 543. The van der Waals surface area contributed by atoms with E-state index in [1.54, 1.807) is 0 Å². The minimum atomic E-state index is 0.957. The summed E-state index contributed by atoms with van der Waals surface area (Å²) in [6, 6.07) is 10.4. The maximum absolute atomic E-state index is 4.33. The van der Waals surface area contributed by atoms with Crippen LogP contribution in [0, 0.1) is 0 Å². The van der Waals surface area contributed by atoms with E-state index < -0.39 is 0 Å². The molecule has 2 aromatic rings. The third-order valence-corrected chi connectivity index (χ3v) is 2.89. The molecule has 0 unspecified atom stereocenters. The van der Waals surface area contributed by atoms with Gasteiger partial charge in [-0.3, -0.25) is 4.99 Å². The molecule has 3 rings (SSSR count). The largest absolute Gasteiger partial charge is 0.261 e. The molecule has 0 aromatic heterocycles. The van der Waals surface area contributed by atoms with Gasteiger partial charge in [0.15, 0.2) is 0 Å². The van der Waals surface area contributed by atoms with Crippen LogP contribution in [-0.2, 0) is 6.42 Å². The average Bonchev–Trinajstić information content (AvgIpc) is 2.65. The zero-order chi connectivity index (χ0) is 9.54. The molecular formula is C12H9NS. The molecule has 0 aliphatic carbocycles. The molecule has 1 aliphatic rings. The summed E-state index contributed by atoms with van der Waals surface area (Å²) in [6.07, 6.45) is 2.93. The van der Waals surface area contributed by atoms with E-state index in [0.717, 1.165) is 17.0 Å². The van der Waals surface area contributed by atoms with Gasteiger partial charge in [0.2, 0.25) is 0 Å². The first-order valence-corrected chi connectivity index (χ1v) is 5.06. The first-order valence-electron chi connectivity index (χ1n) is 4.62. The first-order chi connectivity index (χ1) is 6.84. The van der Waals surface area contributed by atoms with Crippen molar-refractivity contribution in [2.75, 3.05) is 0 Å². The van der Waals surface area contributed by atoms with Crippen molar-refractivity contribution in [3.63, 3.8) is 0 Å². The number of nitrogens with zero attached hydrogens (tertiary/aromatic N) is 1. The molecule has 1 aliphatic heterocycles. The van der Waals surface area contributed by atoms with E-state index in [0.29, 0.717) is 0 Å². The van der Waals surface area contributed by atoms with Crippen LogP contribution < -0.4 is 0 Å². The molecule has 0 fully saturated rings. The van der Waals surface area contributed by atoms with Crippen molar-refractivity contribution >= 4 is 35.3 Å². The number of hydrogen-bond donors (Lipinski definition) is 1. The van der Waals surface area contributed by atoms with Crippen LogP contribution >= 0.6 is 12.6 Å². The van der Waals surface area contributed by atoms with Gasteiger partial charge in [-0.15, -0.1) is 12.6 Å².